The third-order valence-electron chi connectivity index (χ3n) is 4.99. The molecule has 2 amide bonds. The van der Waals surface area contributed by atoms with Gasteiger partial charge in [0, 0.05) is 32.4 Å². The van der Waals surface area contributed by atoms with Gasteiger partial charge in [0.15, 0.2) is 0 Å². The summed E-state index contributed by atoms with van der Waals surface area (Å²) in [5.41, 5.74) is 1.40. The molecule has 152 valence electrons. The highest BCUT2D eigenvalue weighted by Crippen LogP contribution is 2.31. The number of anilines is 1. The van der Waals surface area contributed by atoms with Crippen LogP contribution in [0.15, 0.2) is 42.7 Å². The number of imidazole rings is 1. The van der Waals surface area contributed by atoms with Crippen LogP contribution < -0.4 is 4.90 Å². The molecule has 9 heteroatoms. The number of carbonyl (C=O) groups excluding carboxylic acids is 1. The van der Waals surface area contributed by atoms with Crippen molar-refractivity contribution >= 4 is 22.8 Å². The van der Waals surface area contributed by atoms with Crippen LogP contribution in [0, 0.1) is 5.82 Å². The van der Waals surface area contributed by atoms with Crippen molar-refractivity contribution in [2.45, 2.75) is 19.1 Å². The topological polar surface area (TPSA) is 41.4 Å². The average Bonchev–Trinajstić information content (AvgIpc) is 3.03. The van der Waals surface area contributed by atoms with E-state index in [1.165, 1.54) is 4.90 Å². The predicted octanol–water partition coefficient (Wildman–Crippen LogP) is 4.56. The summed E-state index contributed by atoms with van der Waals surface area (Å²) in [7, 11) is 1.85. The van der Waals surface area contributed by atoms with Crippen molar-refractivity contribution in [1.29, 1.82) is 0 Å². The van der Waals surface area contributed by atoms with Crippen LogP contribution in [-0.4, -0.2) is 33.6 Å². The summed E-state index contributed by atoms with van der Waals surface area (Å²) in [4.78, 5) is 20.2. The molecular formula is C20H18F4N4O. The van der Waals surface area contributed by atoms with E-state index >= 15 is 0 Å². The zero-order valence-corrected chi connectivity index (χ0v) is 15.6. The van der Waals surface area contributed by atoms with Crippen molar-refractivity contribution in [1.82, 2.24) is 14.5 Å². The molecule has 0 N–H and O–H groups in total. The van der Waals surface area contributed by atoms with Crippen molar-refractivity contribution in [3.63, 3.8) is 0 Å². The molecule has 0 aliphatic carbocycles. The summed E-state index contributed by atoms with van der Waals surface area (Å²) in [6, 6.07) is 7.51. The van der Waals surface area contributed by atoms with Gasteiger partial charge in [-0.25, -0.2) is 14.2 Å². The highest BCUT2D eigenvalue weighted by molar-refractivity contribution is 5.94. The number of amides is 2. The minimum Gasteiger partial charge on any atom is -0.334 e. The molecule has 1 aliphatic heterocycles. The van der Waals surface area contributed by atoms with Crippen molar-refractivity contribution in [2.24, 2.45) is 7.05 Å². The van der Waals surface area contributed by atoms with Gasteiger partial charge in [-0.3, -0.25) is 4.90 Å². The average molecular weight is 406 g/mol. The van der Waals surface area contributed by atoms with E-state index in [0.29, 0.717) is 31.3 Å². The molecule has 2 heterocycles. The number of nitrogens with zero attached hydrogens (tertiary/aromatic N) is 4. The van der Waals surface area contributed by atoms with Gasteiger partial charge in [-0.15, -0.1) is 0 Å². The van der Waals surface area contributed by atoms with Gasteiger partial charge in [0.2, 0.25) is 0 Å². The maximum Gasteiger partial charge on any atom is 0.416 e. The normalized spacial score (nSPS) is 15.4. The van der Waals surface area contributed by atoms with E-state index in [1.807, 2.05) is 23.7 Å². The first-order chi connectivity index (χ1) is 13.7. The minimum atomic E-state index is -4.65. The van der Waals surface area contributed by atoms with Gasteiger partial charge in [-0.05, 0) is 48.4 Å². The standard InChI is InChI=1S/C20H18F4N4O/c1-26-12-25-17-4-3-16(10-18(17)26)28-6-2-5-27(19(28)29)11-13-7-14(20(22,23)24)9-15(21)8-13/h3-4,7-10,12H,2,5-6,11H2,1H3. The Morgan fingerprint density at radius 2 is 1.90 bits per heavy atom. The fraction of sp³-hybridized carbons (Fsp3) is 0.300. The van der Waals surface area contributed by atoms with Crippen molar-refractivity contribution in [2.75, 3.05) is 18.0 Å². The van der Waals surface area contributed by atoms with Crippen molar-refractivity contribution < 1.29 is 22.4 Å². The van der Waals surface area contributed by atoms with Crippen LogP contribution >= 0.6 is 0 Å². The molecule has 0 unspecified atom stereocenters. The van der Waals surface area contributed by atoms with Gasteiger partial charge in [-0.2, -0.15) is 13.2 Å². The Bertz CT molecular complexity index is 1080. The van der Waals surface area contributed by atoms with Crippen LogP contribution in [0.3, 0.4) is 0 Å². The van der Waals surface area contributed by atoms with Crippen LogP contribution in [0.2, 0.25) is 0 Å². The number of hydrogen-bond acceptors (Lipinski definition) is 2. The molecule has 1 aliphatic rings. The van der Waals surface area contributed by atoms with Gasteiger partial charge in [0.05, 0.1) is 22.9 Å². The summed E-state index contributed by atoms with van der Waals surface area (Å²) in [6.07, 6.45) is -2.31. The zero-order valence-electron chi connectivity index (χ0n) is 15.6. The maximum atomic E-state index is 13.7. The largest absolute Gasteiger partial charge is 0.416 e. The van der Waals surface area contributed by atoms with E-state index in [9.17, 15) is 22.4 Å². The summed E-state index contributed by atoms with van der Waals surface area (Å²) in [5.74, 6) is -0.974. The van der Waals surface area contributed by atoms with Crippen LogP contribution in [0.5, 0.6) is 0 Å². The molecule has 1 aromatic heterocycles. The Hall–Kier alpha value is -3.10. The lowest BCUT2D eigenvalue weighted by atomic mass is 10.1. The Balaban J connectivity index is 1.59. The summed E-state index contributed by atoms with van der Waals surface area (Å²) in [6.45, 7) is 0.793. The molecule has 5 nitrogen and oxygen atoms in total. The number of aryl methyl sites for hydroxylation is 1. The second kappa shape index (κ2) is 7.06. The zero-order chi connectivity index (χ0) is 20.8. The summed E-state index contributed by atoms with van der Waals surface area (Å²) in [5, 5.41) is 0. The number of benzene rings is 2. The van der Waals surface area contributed by atoms with E-state index < -0.39 is 17.6 Å². The molecule has 0 radical (unpaired) electrons. The second-order valence-corrected chi connectivity index (χ2v) is 7.08. The Morgan fingerprint density at radius 1 is 1.10 bits per heavy atom. The molecule has 0 spiro atoms. The van der Waals surface area contributed by atoms with Crippen molar-refractivity contribution in [3.8, 4) is 0 Å². The highest BCUT2D eigenvalue weighted by Gasteiger charge is 2.32. The van der Waals surface area contributed by atoms with Gasteiger partial charge in [0.1, 0.15) is 5.82 Å². The molecule has 1 fully saturated rings. The van der Waals surface area contributed by atoms with Crippen LogP contribution in [-0.2, 0) is 19.8 Å². The molecule has 0 atom stereocenters. The van der Waals surface area contributed by atoms with Crippen LogP contribution in [0.4, 0.5) is 28.0 Å². The smallest absolute Gasteiger partial charge is 0.334 e. The lowest BCUT2D eigenvalue weighted by Crippen LogP contribution is -2.49. The number of aromatic nitrogens is 2. The number of hydrogen-bond donors (Lipinski definition) is 0. The number of fused-ring (bicyclic) bond motifs is 1. The summed E-state index contributed by atoms with van der Waals surface area (Å²) < 4.78 is 54.4. The third-order valence-corrected chi connectivity index (χ3v) is 4.99. The van der Waals surface area contributed by atoms with E-state index in [4.69, 9.17) is 0 Å². The van der Waals surface area contributed by atoms with E-state index in [1.54, 1.807) is 17.3 Å². The Labute approximate surface area is 164 Å². The monoisotopic (exact) mass is 406 g/mol. The first kappa shape index (κ1) is 19.2. The lowest BCUT2D eigenvalue weighted by Gasteiger charge is -2.35. The number of urea groups is 1. The fourth-order valence-electron chi connectivity index (χ4n) is 3.58. The molecule has 29 heavy (non-hydrogen) atoms. The third kappa shape index (κ3) is 3.76. The maximum absolute atomic E-state index is 13.7. The number of alkyl halides is 3. The molecule has 1 saturated heterocycles. The Kier molecular flexibility index (Phi) is 4.68. The van der Waals surface area contributed by atoms with Gasteiger partial charge in [0.25, 0.3) is 0 Å². The van der Waals surface area contributed by atoms with E-state index in [0.717, 1.165) is 23.2 Å². The Morgan fingerprint density at radius 3 is 2.66 bits per heavy atom. The number of rotatable bonds is 3. The van der Waals surface area contributed by atoms with Crippen LogP contribution in [0.1, 0.15) is 17.5 Å². The lowest BCUT2D eigenvalue weighted by molar-refractivity contribution is -0.137. The van der Waals surface area contributed by atoms with Gasteiger partial charge < -0.3 is 9.47 Å². The quantitative estimate of drug-likeness (QED) is 0.599. The van der Waals surface area contributed by atoms with E-state index in [2.05, 4.69) is 4.98 Å². The molecule has 3 aromatic rings. The second-order valence-electron chi connectivity index (χ2n) is 7.08. The number of halogens is 4. The van der Waals surface area contributed by atoms with Gasteiger partial charge >= 0.3 is 12.2 Å². The first-order valence-corrected chi connectivity index (χ1v) is 9.06. The van der Waals surface area contributed by atoms with E-state index in [-0.39, 0.29) is 18.1 Å². The number of carbonyl (C=O) groups is 1. The fourth-order valence-corrected chi connectivity index (χ4v) is 3.58. The minimum absolute atomic E-state index is 0.0931. The van der Waals surface area contributed by atoms with Gasteiger partial charge in [-0.1, -0.05) is 0 Å². The molecule has 0 saturated carbocycles. The summed E-state index contributed by atoms with van der Waals surface area (Å²) >= 11 is 0. The molecule has 4 rings (SSSR count). The first-order valence-electron chi connectivity index (χ1n) is 9.06. The highest BCUT2D eigenvalue weighted by atomic mass is 19.4. The SMILES string of the molecule is Cn1cnc2ccc(N3CCCN(Cc4cc(F)cc(C(F)(F)F)c4)C3=O)cc21. The predicted molar refractivity (Wildman–Crippen MR) is 99.9 cm³/mol. The van der Waals surface area contributed by atoms with Crippen LogP contribution in [0.25, 0.3) is 11.0 Å². The molecule has 0 bridgehead atoms. The van der Waals surface area contributed by atoms with Crippen molar-refractivity contribution in [3.05, 3.63) is 59.7 Å². The molecule has 2 aromatic carbocycles. The molecular weight excluding hydrogens is 388 g/mol.